The van der Waals surface area contributed by atoms with Gasteiger partial charge in [-0.2, -0.15) is 0 Å². The maximum absolute atomic E-state index is 13.4. The molecule has 0 bridgehead atoms. The number of halogens is 1. The van der Waals surface area contributed by atoms with Gasteiger partial charge in [0.05, 0.1) is 6.10 Å². The Hall–Kier alpha value is -2.40. The highest BCUT2D eigenvalue weighted by atomic mass is 19.1. The maximum atomic E-state index is 13.4. The number of benzene rings is 2. The lowest BCUT2D eigenvalue weighted by Crippen LogP contribution is -2.33. The molecule has 0 spiro atoms. The van der Waals surface area contributed by atoms with Gasteiger partial charge < -0.3 is 14.8 Å². The molecule has 0 aliphatic carbocycles. The fraction of sp³-hybridized carbons (Fsp3) is 0.235. The van der Waals surface area contributed by atoms with Crippen LogP contribution < -0.4 is 10.1 Å². The number of nitrogens with one attached hydrogen (secondary N) is 1. The fourth-order valence-corrected chi connectivity index (χ4v) is 1.97. The summed E-state index contributed by atoms with van der Waals surface area (Å²) in [7, 11) is 1.58. The standard InChI is InChI=1S/C17H18FNO3/c1-21-16(13-7-3-2-4-8-13)11-19-17(20)12-22-15-10-6-5-9-14(15)18/h2-10,16H,11-12H2,1H3,(H,19,20). The summed E-state index contributed by atoms with van der Waals surface area (Å²) >= 11 is 0. The Kier molecular flexibility index (Phi) is 5.91. The Morgan fingerprint density at radius 2 is 1.82 bits per heavy atom. The van der Waals surface area contributed by atoms with Crippen molar-refractivity contribution in [3.8, 4) is 5.75 Å². The van der Waals surface area contributed by atoms with E-state index in [-0.39, 0.29) is 24.4 Å². The van der Waals surface area contributed by atoms with Gasteiger partial charge in [0.2, 0.25) is 0 Å². The van der Waals surface area contributed by atoms with Gasteiger partial charge in [-0.1, -0.05) is 42.5 Å². The Bertz CT molecular complexity index is 604. The number of methoxy groups -OCH3 is 1. The zero-order valence-corrected chi connectivity index (χ0v) is 12.3. The quantitative estimate of drug-likeness (QED) is 0.855. The van der Waals surface area contributed by atoms with E-state index in [2.05, 4.69) is 5.32 Å². The molecule has 0 aliphatic rings. The number of carbonyl (C=O) groups is 1. The van der Waals surface area contributed by atoms with Gasteiger partial charge in [0.1, 0.15) is 0 Å². The summed E-state index contributed by atoms with van der Waals surface area (Å²) in [5.74, 6) is -0.764. The van der Waals surface area contributed by atoms with Crippen LogP contribution in [-0.4, -0.2) is 26.2 Å². The van der Waals surface area contributed by atoms with E-state index in [1.54, 1.807) is 19.2 Å². The predicted octanol–water partition coefficient (Wildman–Crippen LogP) is 2.71. The second-order valence-electron chi connectivity index (χ2n) is 4.66. The summed E-state index contributed by atoms with van der Waals surface area (Å²) in [6.07, 6.45) is -0.237. The third-order valence-corrected chi connectivity index (χ3v) is 3.14. The maximum Gasteiger partial charge on any atom is 0.258 e. The average Bonchev–Trinajstić information content (AvgIpc) is 2.55. The van der Waals surface area contributed by atoms with Gasteiger partial charge in [-0.25, -0.2) is 4.39 Å². The van der Waals surface area contributed by atoms with Gasteiger partial charge >= 0.3 is 0 Å². The van der Waals surface area contributed by atoms with E-state index in [1.165, 1.54) is 12.1 Å². The topological polar surface area (TPSA) is 47.6 Å². The molecule has 0 heterocycles. The minimum absolute atomic E-state index is 0.0593. The van der Waals surface area contributed by atoms with Crippen molar-refractivity contribution in [2.75, 3.05) is 20.3 Å². The van der Waals surface area contributed by atoms with E-state index >= 15 is 0 Å². The fourth-order valence-electron chi connectivity index (χ4n) is 1.97. The van der Waals surface area contributed by atoms with Crippen LogP contribution in [0, 0.1) is 5.82 Å². The highest BCUT2D eigenvalue weighted by molar-refractivity contribution is 5.77. The zero-order valence-electron chi connectivity index (χ0n) is 12.3. The molecule has 0 radical (unpaired) electrons. The average molecular weight is 303 g/mol. The zero-order chi connectivity index (χ0) is 15.8. The molecule has 0 aromatic heterocycles. The van der Waals surface area contributed by atoms with Crippen LogP contribution in [0.4, 0.5) is 4.39 Å². The van der Waals surface area contributed by atoms with Gasteiger partial charge in [0.25, 0.3) is 5.91 Å². The van der Waals surface area contributed by atoms with Crippen LogP contribution in [-0.2, 0) is 9.53 Å². The number of para-hydroxylation sites is 1. The summed E-state index contributed by atoms with van der Waals surface area (Å²) in [5, 5.41) is 2.71. The molecule has 1 N–H and O–H groups in total. The SMILES string of the molecule is COC(CNC(=O)COc1ccccc1F)c1ccccc1. The minimum atomic E-state index is -0.491. The molecule has 1 amide bonds. The molecule has 1 atom stereocenters. The minimum Gasteiger partial charge on any atom is -0.481 e. The van der Waals surface area contributed by atoms with E-state index in [0.29, 0.717) is 6.54 Å². The second-order valence-corrected chi connectivity index (χ2v) is 4.66. The summed E-state index contributed by atoms with van der Waals surface area (Å²) in [4.78, 5) is 11.8. The normalized spacial score (nSPS) is 11.7. The van der Waals surface area contributed by atoms with Crippen LogP contribution >= 0.6 is 0 Å². The third kappa shape index (κ3) is 4.56. The summed E-state index contributed by atoms with van der Waals surface area (Å²) in [5.41, 5.74) is 0.973. The summed E-state index contributed by atoms with van der Waals surface area (Å²) < 4.78 is 23.8. The Balaban J connectivity index is 1.81. The molecule has 5 heteroatoms. The number of carbonyl (C=O) groups excluding carboxylic acids is 1. The van der Waals surface area contributed by atoms with Crippen molar-refractivity contribution in [1.29, 1.82) is 0 Å². The van der Waals surface area contributed by atoms with Gasteiger partial charge in [0, 0.05) is 13.7 Å². The first-order chi connectivity index (χ1) is 10.7. The van der Waals surface area contributed by atoms with Gasteiger partial charge in [-0.3, -0.25) is 4.79 Å². The van der Waals surface area contributed by atoms with Crippen molar-refractivity contribution >= 4 is 5.91 Å². The molecular formula is C17H18FNO3. The molecule has 2 aromatic carbocycles. The molecular weight excluding hydrogens is 285 g/mol. The molecule has 0 aliphatic heterocycles. The lowest BCUT2D eigenvalue weighted by atomic mass is 10.1. The van der Waals surface area contributed by atoms with E-state index in [4.69, 9.17) is 9.47 Å². The largest absolute Gasteiger partial charge is 0.481 e. The highest BCUT2D eigenvalue weighted by Gasteiger charge is 2.12. The van der Waals surface area contributed by atoms with Crippen LogP contribution in [0.15, 0.2) is 54.6 Å². The number of hydrogen-bond donors (Lipinski definition) is 1. The van der Waals surface area contributed by atoms with Crippen molar-refractivity contribution in [3.63, 3.8) is 0 Å². The van der Waals surface area contributed by atoms with Crippen molar-refractivity contribution in [2.24, 2.45) is 0 Å². The molecule has 1 unspecified atom stereocenters. The first-order valence-corrected chi connectivity index (χ1v) is 6.92. The monoisotopic (exact) mass is 303 g/mol. The number of hydrogen-bond acceptors (Lipinski definition) is 3. The first-order valence-electron chi connectivity index (χ1n) is 6.92. The van der Waals surface area contributed by atoms with E-state index in [1.807, 2.05) is 30.3 Å². The van der Waals surface area contributed by atoms with Crippen LogP contribution in [0.2, 0.25) is 0 Å². The van der Waals surface area contributed by atoms with E-state index in [0.717, 1.165) is 5.56 Å². The molecule has 116 valence electrons. The lowest BCUT2D eigenvalue weighted by Gasteiger charge is -2.16. The molecule has 4 nitrogen and oxygen atoms in total. The molecule has 0 fully saturated rings. The van der Waals surface area contributed by atoms with E-state index < -0.39 is 5.82 Å². The Labute approximate surface area is 128 Å². The molecule has 2 aromatic rings. The van der Waals surface area contributed by atoms with Crippen molar-refractivity contribution < 1.29 is 18.7 Å². The van der Waals surface area contributed by atoms with Crippen molar-refractivity contribution in [1.82, 2.24) is 5.32 Å². The number of rotatable bonds is 7. The van der Waals surface area contributed by atoms with Gasteiger partial charge in [-0.15, -0.1) is 0 Å². The number of ether oxygens (including phenoxy) is 2. The summed E-state index contributed by atoms with van der Waals surface area (Å²) in [6.45, 7) is 0.0755. The molecule has 2 rings (SSSR count). The summed E-state index contributed by atoms with van der Waals surface area (Å²) in [6, 6.07) is 15.5. The first kappa shape index (κ1) is 16.0. The van der Waals surface area contributed by atoms with Crippen molar-refractivity contribution in [3.05, 3.63) is 66.0 Å². The van der Waals surface area contributed by atoms with Crippen LogP contribution in [0.5, 0.6) is 5.75 Å². The Morgan fingerprint density at radius 1 is 1.14 bits per heavy atom. The number of amides is 1. The second kappa shape index (κ2) is 8.14. The van der Waals surface area contributed by atoms with Gasteiger partial charge in [-0.05, 0) is 17.7 Å². The Morgan fingerprint density at radius 3 is 2.50 bits per heavy atom. The molecule has 22 heavy (non-hydrogen) atoms. The van der Waals surface area contributed by atoms with E-state index in [9.17, 15) is 9.18 Å². The molecule has 0 saturated carbocycles. The highest BCUT2D eigenvalue weighted by Crippen LogP contribution is 2.16. The van der Waals surface area contributed by atoms with Crippen molar-refractivity contribution in [2.45, 2.75) is 6.10 Å². The molecule has 0 saturated heterocycles. The third-order valence-electron chi connectivity index (χ3n) is 3.14. The predicted molar refractivity (Wildman–Crippen MR) is 81.1 cm³/mol. The van der Waals surface area contributed by atoms with Crippen LogP contribution in [0.25, 0.3) is 0 Å². The lowest BCUT2D eigenvalue weighted by molar-refractivity contribution is -0.123. The van der Waals surface area contributed by atoms with Crippen LogP contribution in [0.3, 0.4) is 0 Å². The van der Waals surface area contributed by atoms with Gasteiger partial charge in [0.15, 0.2) is 18.2 Å². The smallest absolute Gasteiger partial charge is 0.258 e. The van der Waals surface area contributed by atoms with Crippen LogP contribution in [0.1, 0.15) is 11.7 Å².